The van der Waals surface area contributed by atoms with Crippen LogP contribution < -0.4 is 72.7 Å². The van der Waals surface area contributed by atoms with E-state index < -0.39 is 17.6 Å². The fraction of sp³-hybridized carbons (Fsp3) is 0.750. The zero-order chi connectivity index (χ0) is 14.2. The van der Waals surface area contributed by atoms with E-state index in [1.54, 1.807) is 6.26 Å². The molecule has 0 spiro atoms. The third-order valence-electron chi connectivity index (χ3n) is 4.45. The second-order valence-corrected chi connectivity index (χ2v) is 21.9. The van der Waals surface area contributed by atoms with Gasteiger partial charge in [0, 0.05) is 0 Å². The first-order chi connectivity index (χ1) is 9.09. The molecule has 112 valence electrons. The van der Waals surface area contributed by atoms with Crippen molar-refractivity contribution in [1.29, 1.82) is 0 Å². The molecule has 0 radical (unpaired) electrons. The molecular formula is C16H30CsFOSn. The standard InChI is InChI=1S/C4H3O.3C4H9.Cs.FH.Sn/c1-2-4-5-3-1;3*1-3-4-2;;;/h1-3H;3*1,3-4H2,2H3;;1H;/q;;;;+1;;/p-1. The van der Waals surface area contributed by atoms with Crippen molar-refractivity contribution in [3.05, 3.63) is 18.4 Å². The fourth-order valence-corrected chi connectivity index (χ4v) is 19.8. The van der Waals surface area contributed by atoms with Crippen molar-refractivity contribution in [1.82, 2.24) is 0 Å². The van der Waals surface area contributed by atoms with E-state index in [2.05, 4.69) is 20.8 Å². The van der Waals surface area contributed by atoms with Crippen molar-refractivity contribution < 1.29 is 76.2 Å². The van der Waals surface area contributed by atoms with Crippen LogP contribution in [0.4, 0.5) is 2.87 Å². The van der Waals surface area contributed by atoms with Gasteiger partial charge in [-0.25, -0.2) is 0 Å². The minimum Gasteiger partial charge on any atom is 1.00 e. The van der Waals surface area contributed by atoms with E-state index >= 15 is 2.87 Å². The number of hydrogen-bond acceptors (Lipinski definition) is 1. The third kappa shape index (κ3) is 5.93. The van der Waals surface area contributed by atoms with Gasteiger partial charge in [0.1, 0.15) is 0 Å². The van der Waals surface area contributed by atoms with Crippen LogP contribution in [0.3, 0.4) is 0 Å². The summed E-state index contributed by atoms with van der Waals surface area (Å²) < 4.78 is 25.2. The summed E-state index contributed by atoms with van der Waals surface area (Å²) in [5, 5.41) is 0. The number of hydrogen-bond donors (Lipinski definition) is 0. The van der Waals surface area contributed by atoms with Crippen molar-refractivity contribution in [2.24, 2.45) is 0 Å². The molecule has 0 bridgehead atoms. The van der Waals surface area contributed by atoms with Crippen LogP contribution in [0.5, 0.6) is 0 Å². The van der Waals surface area contributed by atoms with Crippen molar-refractivity contribution >= 4 is 21.3 Å². The van der Waals surface area contributed by atoms with Crippen LogP contribution in [-0.2, 0) is 0 Å². The van der Waals surface area contributed by atoms with E-state index in [-0.39, 0.29) is 68.9 Å². The Balaban J connectivity index is 0.00000361. The molecule has 0 saturated carbocycles. The summed E-state index contributed by atoms with van der Waals surface area (Å²) in [6.07, 6.45) is 7.92. The van der Waals surface area contributed by atoms with Crippen LogP contribution >= 0.6 is 0 Å². The van der Waals surface area contributed by atoms with Gasteiger partial charge in [-0.05, 0) is 0 Å². The molecule has 0 N–H and O–H groups in total. The van der Waals surface area contributed by atoms with Gasteiger partial charge >= 0.3 is 189 Å². The van der Waals surface area contributed by atoms with Gasteiger partial charge in [0.2, 0.25) is 0 Å². The van der Waals surface area contributed by atoms with Crippen LogP contribution in [-0.4, -0.2) is 17.6 Å². The second kappa shape index (κ2) is 10.8. The molecule has 1 aromatic rings. The van der Waals surface area contributed by atoms with E-state index in [1.165, 1.54) is 0 Å². The van der Waals surface area contributed by atoms with Gasteiger partial charge in [-0.1, -0.05) is 0 Å². The predicted molar refractivity (Wildman–Crippen MR) is 84.3 cm³/mol. The smallest absolute Gasteiger partial charge is 1.00 e. The molecular weight excluding hydrogens is 479 g/mol. The quantitative estimate of drug-likeness (QED) is 0.443. The molecule has 0 aromatic carbocycles. The average Bonchev–Trinajstić information content (AvgIpc) is 2.97. The number of halogens is 1. The van der Waals surface area contributed by atoms with Crippen molar-refractivity contribution in [2.75, 3.05) is 0 Å². The van der Waals surface area contributed by atoms with Crippen LogP contribution in [0, 0.1) is 0 Å². The first kappa shape index (κ1) is 22.1. The topological polar surface area (TPSA) is 13.1 Å². The van der Waals surface area contributed by atoms with Gasteiger partial charge in [0.15, 0.2) is 0 Å². The molecule has 4 heteroatoms. The summed E-state index contributed by atoms with van der Waals surface area (Å²) in [7, 11) is 0. The van der Waals surface area contributed by atoms with Crippen molar-refractivity contribution in [3.63, 3.8) is 0 Å². The maximum Gasteiger partial charge on any atom is 1.00 e. The van der Waals surface area contributed by atoms with Crippen LogP contribution in [0.2, 0.25) is 13.3 Å². The molecule has 0 aliphatic rings. The van der Waals surface area contributed by atoms with Crippen LogP contribution in [0.1, 0.15) is 59.3 Å². The Morgan fingerprint density at radius 1 is 0.950 bits per heavy atom. The molecule has 1 nitrogen and oxygen atoms in total. The van der Waals surface area contributed by atoms with Crippen LogP contribution in [0.15, 0.2) is 22.8 Å². The normalized spacial score (nSPS) is 13.5. The van der Waals surface area contributed by atoms with E-state index in [1.807, 2.05) is 12.1 Å². The van der Waals surface area contributed by atoms with Crippen molar-refractivity contribution in [2.45, 2.75) is 72.6 Å². The first-order valence-corrected chi connectivity index (χ1v) is 16.6. The monoisotopic (exact) mass is 510 g/mol. The molecule has 0 saturated heterocycles. The van der Waals surface area contributed by atoms with Gasteiger partial charge in [0.25, 0.3) is 0 Å². The summed E-state index contributed by atoms with van der Waals surface area (Å²) in [4.78, 5) is 0. The van der Waals surface area contributed by atoms with Gasteiger partial charge in [0.05, 0.1) is 0 Å². The minimum atomic E-state index is -4.36. The maximum absolute atomic E-state index is 16.4. The Morgan fingerprint density at radius 3 is 1.70 bits per heavy atom. The first-order valence-electron chi connectivity index (χ1n) is 8.02. The van der Waals surface area contributed by atoms with E-state index in [0.717, 1.165) is 55.6 Å². The van der Waals surface area contributed by atoms with Gasteiger partial charge in [-0.3, -0.25) is 0 Å². The summed E-state index contributed by atoms with van der Waals surface area (Å²) in [6.45, 7) is 6.46. The largest absolute Gasteiger partial charge is 1.00 e. The molecule has 1 heterocycles. The molecule has 0 unspecified atom stereocenters. The maximum atomic E-state index is 16.4. The Hall–Kier alpha value is 2.06. The molecule has 0 aliphatic heterocycles. The molecule has 0 atom stereocenters. The Morgan fingerprint density at radius 2 is 1.40 bits per heavy atom. The minimum absolute atomic E-state index is 0. The zero-order valence-electron chi connectivity index (χ0n) is 13.9. The van der Waals surface area contributed by atoms with Gasteiger partial charge in [-0.2, -0.15) is 0 Å². The fourth-order valence-electron chi connectivity index (χ4n) is 3.12. The predicted octanol–water partition coefficient (Wildman–Crippen LogP) is 2.76. The summed E-state index contributed by atoms with van der Waals surface area (Å²) in [6, 6.07) is 3.79. The van der Waals surface area contributed by atoms with Crippen LogP contribution in [0.25, 0.3) is 0 Å². The van der Waals surface area contributed by atoms with E-state index in [0.29, 0.717) is 0 Å². The zero-order valence-corrected chi connectivity index (χ0v) is 23.0. The van der Waals surface area contributed by atoms with Gasteiger partial charge < -0.3 is 0 Å². The summed E-state index contributed by atoms with van der Waals surface area (Å²) >= 11 is -4.36. The Bertz CT molecular complexity index is 329. The van der Waals surface area contributed by atoms with Crippen molar-refractivity contribution in [3.8, 4) is 0 Å². The van der Waals surface area contributed by atoms with E-state index in [9.17, 15) is 0 Å². The molecule has 0 fully saturated rings. The number of furan rings is 1. The summed E-state index contributed by atoms with van der Waals surface area (Å²) in [5.41, 5.74) is 0. The number of unbranched alkanes of at least 4 members (excludes halogenated alkanes) is 3. The third-order valence-corrected chi connectivity index (χ3v) is 21.6. The summed E-state index contributed by atoms with van der Waals surface area (Å²) in [5.74, 6) is 0. The molecule has 0 amide bonds. The Labute approximate surface area is 185 Å². The molecule has 0 aliphatic carbocycles. The molecule has 20 heavy (non-hydrogen) atoms. The average molecular weight is 509 g/mol. The molecule has 1 aromatic heterocycles. The number of rotatable bonds is 10. The SMILES string of the molecule is CCC[CH2][Sn-]([F])([CH2]CCC)([CH2]CCC)[c]1ccco1.[Cs+]. The Kier molecular flexibility index (Phi) is 11.9. The second-order valence-electron chi connectivity index (χ2n) is 6.06. The van der Waals surface area contributed by atoms with Gasteiger partial charge in [-0.15, -0.1) is 0 Å². The molecule has 1 rings (SSSR count). The van der Waals surface area contributed by atoms with E-state index in [4.69, 9.17) is 4.42 Å².